The van der Waals surface area contributed by atoms with Crippen LogP contribution in [0.15, 0.2) is 18.2 Å². The van der Waals surface area contributed by atoms with Gasteiger partial charge in [0.1, 0.15) is 11.4 Å². The number of rotatable bonds is 4. The zero-order valence-electron chi connectivity index (χ0n) is 17.1. The van der Waals surface area contributed by atoms with E-state index in [9.17, 15) is 9.18 Å². The van der Waals surface area contributed by atoms with Crippen molar-refractivity contribution in [1.82, 2.24) is 0 Å². The molecule has 2 fully saturated rings. The molecule has 1 aromatic carbocycles. The van der Waals surface area contributed by atoms with Crippen LogP contribution in [-0.4, -0.2) is 29.9 Å². The van der Waals surface area contributed by atoms with Crippen LogP contribution in [0.5, 0.6) is 0 Å². The first-order chi connectivity index (χ1) is 12.6. The Hall–Kier alpha value is -1.40. The molecule has 3 rings (SSSR count). The number of halogens is 1. The Kier molecular flexibility index (Phi) is 5.43. The molecule has 0 spiro atoms. The van der Waals surface area contributed by atoms with Crippen LogP contribution in [0.1, 0.15) is 83.5 Å². The van der Waals surface area contributed by atoms with E-state index in [1.807, 2.05) is 34.6 Å². The van der Waals surface area contributed by atoms with E-state index in [1.165, 1.54) is 18.6 Å². The SMILES string of the molecule is CCC1(OC(=O)c2cc(F)cc(B3OC(C)(C)C(C)(C)O3)c2)CCCCC1. The Morgan fingerprint density at radius 2 is 1.67 bits per heavy atom. The Balaban J connectivity index is 1.82. The van der Waals surface area contributed by atoms with Crippen molar-refractivity contribution >= 4 is 18.6 Å². The third-order valence-corrected chi connectivity index (χ3v) is 6.40. The summed E-state index contributed by atoms with van der Waals surface area (Å²) in [7, 11) is -0.716. The Bertz CT molecular complexity index is 694. The maximum absolute atomic E-state index is 14.3. The maximum atomic E-state index is 14.3. The molecule has 0 bridgehead atoms. The van der Waals surface area contributed by atoms with Gasteiger partial charge in [-0.3, -0.25) is 0 Å². The number of hydrogen-bond acceptors (Lipinski definition) is 4. The molecular weight excluding hydrogens is 346 g/mol. The fourth-order valence-corrected chi connectivity index (χ4v) is 3.82. The number of ether oxygens (including phenoxy) is 1. The van der Waals surface area contributed by atoms with Crippen LogP contribution in [0.4, 0.5) is 4.39 Å². The number of esters is 1. The summed E-state index contributed by atoms with van der Waals surface area (Å²) in [6, 6.07) is 4.21. The van der Waals surface area contributed by atoms with Gasteiger partial charge in [0.05, 0.1) is 16.8 Å². The van der Waals surface area contributed by atoms with Gasteiger partial charge in [-0.15, -0.1) is 0 Å². The van der Waals surface area contributed by atoms with Crippen molar-refractivity contribution < 1.29 is 23.2 Å². The predicted molar refractivity (Wildman–Crippen MR) is 104 cm³/mol. The van der Waals surface area contributed by atoms with E-state index in [2.05, 4.69) is 0 Å². The average Bonchev–Trinajstić information content (AvgIpc) is 2.83. The molecule has 6 heteroatoms. The molecule has 0 aromatic heterocycles. The van der Waals surface area contributed by atoms with Gasteiger partial charge in [-0.05, 0) is 83.5 Å². The molecule has 2 aliphatic rings. The van der Waals surface area contributed by atoms with Gasteiger partial charge in [0.25, 0.3) is 0 Å². The summed E-state index contributed by atoms with van der Waals surface area (Å²) >= 11 is 0. The van der Waals surface area contributed by atoms with Gasteiger partial charge in [0, 0.05) is 0 Å². The van der Waals surface area contributed by atoms with E-state index >= 15 is 0 Å². The summed E-state index contributed by atoms with van der Waals surface area (Å²) in [5.41, 5.74) is -0.780. The van der Waals surface area contributed by atoms with Gasteiger partial charge >= 0.3 is 13.1 Å². The molecule has 0 N–H and O–H groups in total. The van der Waals surface area contributed by atoms with Crippen LogP contribution in [-0.2, 0) is 14.0 Å². The fourth-order valence-electron chi connectivity index (χ4n) is 3.82. The molecule has 1 saturated heterocycles. The van der Waals surface area contributed by atoms with Crippen molar-refractivity contribution in [3.05, 3.63) is 29.6 Å². The zero-order chi connectivity index (χ0) is 19.9. The average molecular weight is 376 g/mol. The van der Waals surface area contributed by atoms with Crippen LogP contribution in [0.2, 0.25) is 0 Å². The van der Waals surface area contributed by atoms with Gasteiger partial charge in [-0.25, -0.2) is 9.18 Å². The van der Waals surface area contributed by atoms with Crippen LogP contribution in [0, 0.1) is 5.82 Å². The van der Waals surface area contributed by atoms with Crippen molar-refractivity contribution in [1.29, 1.82) is 0 Å². The monoisotopic (exact) mass is 376 g/mol. The van der Waals surface area contributed by atoms with E-state index in [0.717, 1.165) is 32.1 Å². The number of carbonyl (C=O) groups is 1. The van der Waals surface area contributed by atoms with Crippen molar-refractivity contribution in [2.45, 2.75) is 89.9 Å². The highest BCUT2D eigenvalue weighted by Crippen LogP contribution is 2.37. The molecule has 0 amide bonds. The topological polar surface area (TPSA) is 44.8 Å². The molecule has 27 heavy (non-hydrogen) atoms. The lowest BCUT2D eigenvalue weighted by Gasteiger charge is -2.36. The second kappa shape index (κ2) is 7.21. The summed E-state index contributed by atoms with van der Waals surface area (Å²) in [6.07, 6.45) is 5.81. The lowest BCUT2D eigenvalue weighted by molar-refractivity contribution is -0.0398. The largest absolute Gasteiger partial charge is 0.494 e. The molecule has 1 saturated carbocycles. The summed E-state index contributed by atoms with van der Waals surface area (Å²) in [6.45, 7) is 9.80. The zero-order valence-corrected chi connectivity index (χ0v) is 17.1. The molecule has 148 valence electrons. The van der Waals surface area contributed by atoms with E-state index in [0.29, 0.717) is 5.46 Å². The standard InChI is InChI=1S/C21H30BFO4/c1-6-21(10-8-7-9-11-21)25-18(24)15-12-16(14-17(23)13-15)22-26-19(2,3)20(4,5)27-22/h12-14H,6-11H2,1-5H3. The molecule has 1 aliphatic heterocycles. The highest BCUT2D eigenvalue weighted by atomic mass is 19.1. The quantitative estimate of drug-likeness (QED) is 0.577. The normalized spacial score (nSPS) is 23.3. The van der Waals surface area contributed by atoms with Gasteiger partial charge in [-0.2, -0.15) is 0 Å². The third kappa shape index (κ3) is 4.07. The first-order valence-electron chi connectivity index (χ1n) is 9.97. The Labute approximate surface area is 161 Å². The minimum Gasteiger partial charge on any atom is -0.455 e. The van der Waals surface area contributed by atoms with E-state index in [4.69, 9.17) is 14.0 Å². The predicted octanol–water partition coefficient (Wildman–Crippen LogP) is 4.39. The lowest BCUT2D eigenvalue weighted by Crippen LogP contribution is -2.41. The molecule has 0 unspecified atom stereocenters. The molecule has 1 aromatic rings. The van der Waals surface area contributed by atoms with Gasteiger partial charge in [0.15, 0.2) is 0 Å². The van der Waals surface area contributed by atoms with Crippen LogP contribution in [0.25, 0.3) is 0 Å². The minimum absolute atomic E-state index is 0.207. The lowest BCUT2D eigenvalue weighted by atomic mass is 9.78. The van der Waals surface area contributed by atoms with E-state index in [-0.39, 0.29) is 5.56 Å². The molecule has 1 aliphatic carbocycles. The van der Waals surface area contributed by atoms with Crippen LogP contribution >= 0.6 is 0 Å². The summed E-state index contributed by atoms with van der Waals surface area (Å²) in [4.78, 5) is 12.8. The molecule has 0 radical (unpaired) electrons. The second-order valence-electron chi connectivity index (χ2n) is 8.85. The van der Waals surface area contributed by atoms with Crippen molar-refractivity contribution in [2.24, 2.45) is 0 Å². The van der Waals surface area contributed by atoms with Crippen molar-refractivity contribution in [3.8, 4) is 0 Å². The number of carbonyl (C=O) groups excluding carboxylic acids is 1. The van der Waals surface area contributed by atoms with Crippen LogP contribution in [0.3, 0.4) is 0 Å². The van der Waals surface area contributed by atoms with Crippen molar-refractivity contribution in [2.75, 3.05) is 0 Å². The molecular formula is C21H30BFO4. The van der Waals surface area contributed by atoms with Gasteiger partial charge < -0.3 is 14.0 Å². The first-order valence-corrected chi connectivity index (χ1v) is 9.97. The number of benzene rings is 1. The first kappa shape index (κ1) is 20.3. The van der Waals surface area contributed by atoms with E-state index in [1.54, 1.807) is 6.07 Å². The third-order valence-electron chi connectivity index (χ3n) is 6.40. The van der Waals surface area contributed by atoms with E-state index < -0.39 is 35.7 Å². The Morgan fingerprint density at radius 1 is 1.07 bits per heavy atom. The second-order valence-corrected chi connectivity index (χ2v) is 8.85. The molecule has 4 nitrogen and oxygen atoms in total. The highest BCUT2D eigenvalue weighted by Gasteiger charge is 2.52. The summed E-state index contributed by atoms with van der Waals surface area (Å²) < 4.78 is 32.1. The summed E-state index contributed by atoms with van der Waals surface area (Å²) in [5.74, 6) is -0.973. The molecule has 0 atom stereocenters. The van der Waals surface area contributed by atoms with Crippen LogP contribution < -0.4 is 5.46 Å². The highest BCUT2D eigenvalue weighted by molar-refractivity contribution is 6.62. The fraction of sp³-hybridized carbons (Fsp3) is 0.667. The minimum atomic E-state index is -0.716. The Morgan fingerprint density at radius 3 is 2.22 bits per heavy atom. The summed E-state index contributed by atoms with van der Waals surface area (Å²) in [5, 5.41) is 0. The smallest absolute Gasteiger partial charge is 0.455 e. The van der Waals surface area contributed by atoms with Gasteiger partial charge in [-0.1, -0.05) is 13.3 Å². The maximum Gasteiger partial charge on any atom is 0.494 e. The molecule has 1 heterocycles. The number of hydrogen-bond donors (Lipinski definition) is 0. The van der Waals surface area contributed by atoms with Crippen molar-refractivity contribution in [3.63, 3.8) is 0 Å². The van der Waals surface area contributed by atoms with Gasteiger partial charge in [0.2, 0.25) is 0 Å².